The summed E-state index contributed by atoms with van der Waals surface area (Å²) in [6.07, 6.45) is 1.69. The molecule has 2 aromatic carbocycles. The number of pyridine rings is 1. The molecule has 3 rings (SSSR count). The number of fused-ring (bicyclic) bond motifs is 1. The van der Waals surface area contributed by atoms with Crippen molar-refractivity contribution in [2.75, 3.05) is 7.11 Å². The van der Waals surface area contributed by atoms with Crippen molar-refractivity contribution in [3.63, 3.8) is 0 Å². The lowest BCUT2D eigenvalue weighted by atomic mass is 10.0. The van der Waals surface area contributed by atoms with Crippen LogP contribution in [0.2, 0.25) is 5.15 Å². The van der Waals surface area contributed by atoms with Gasteiger partial charge >= 0.3 is 0 Å². The van der Waals surface area contributed by atoms with Gasteiger partial charge in [0.1, 0.15) is 0 Å². The number of nitrogens with zero attached hydrogens (tertiary/aromatic N) is 1. The maximum Gasteiger partial charge on any atom is 0.171 e. The Labute approximate surface area is 116 Å². The third kappa shape index (κ3) is 2.15. The van der Waals surface area contributed by atoms with Crippen molar-refractivity contribution in [3.05, 3.63) is 59.9 Å². The Balaban J connectivity index is 2.22. The summed E-state index contributed by atoms with van der Waals surface area (Å²) in [6.45, 7) is 0. The van der Waals surface area contributed by atoms with Crippen molar-refractivity contribution in [2.24, 2.45) is 0 Å². The maximum absolute atomic E-state index is 6.06. The average molecular weight is 270 g/mol. The van der Waals surface area contributed by atoms with E-state index in [1.807, 2.05) is 18.2 Å². The highest BCUT2D eigenvalue weighted by atomic mass is 35.5. The second-order valence-electron chi connectivity index (χ2n) is 4.24. The molecule has 0 aliphatic carbocycles. The molecule has 0 radical (unpaired) electrons. The zero-order valence-corrected chi connectivity index (χ0v) is 11.2. The Kier molecular flexibility index (Phi) is 3.10. The van der Waals surface area contributed by atoms with Crippen molar-refractivity contribution in [3.8, 4) is 16.9 Å². The first-order chi connectivity index (χ1) is 9.29. The van der Waals surface area contributed by atoms with E-state index in [2.05, 4.69) is 35.3 Å². The number of ether oxygens (including phenoxy) is 1. The van der Waals surface area contributed by atoms with E-state index in [0.29, 0.717) is 10.9 Å². The molecular weight excluding hydrogens is 258 g/mol. The highest BCUT2D eigenvalue weighted by Crippen LogP contribution is 2.35. The minimum atomic E-state index is 0.383. The highest BCUT2D eigenvalue weighted by molar-refractivity contribution is 6.31. The number of rotatable bonds is 2. The summed E-state index contributed by atoms with van der Waals surface area (Å²) in [5.41, 5.74) is 2.02. The summed E-state index contributed by atoms with van der Waals surface area (Å²) in [5.74, 6) is 0.611. The predicted octanol–water partition coefficient (Wildman–Crippen LogP) is 4.56. The van der Waals surface area contributed by atoms with Crippen LogP contribution in [0.1, 0.15) is 0 Å². The van der Waals surface area contributed by atoms with E-state index < -0.39 is 0 Å². The summed E-state index contributed by atoms with van der Waals surface area (Å²) < 4.78 is 5.35. The average Bonchev–Trinajstić information content (AvgIpc) is 2.46. The van der Waals surface area contributed by atoms with E-state index >= 15 is 0 Å². The van der Waals surface area contributed by atoms with E-state index in [9.17, 15) is 0 Å². The molecule has 0 atom stereocenters. The first-order valence-electron chi connectivity index (χ1n) is 5.97. The van der Waals surface area contributed by atoms with Crippen molar-refractivity contribution >= 4 is 22.4 Å². The topological polar surface area (TPSA) is 22.1 Å². The van der Waals surface area contributed by atoms with Crippen LogP contribution in [0.5, 0.6) is 5.75 Å². The minimum absolute atomic E-state index is 0.383. The summed E-state index contributed by atoms with van der Waals surface area (Å²) in [4.78, 5) is 4.04. The van der Waals surface area contributed by atoms with Crippen LogP contribution in [0.15, 0.2) is 54.7 Å². The molecule has 1 aromatic heterocycles. The van der Waals surface area contributed by atoms with E-state index in [0.717, 1.165) is 11.1 Å². The third-order valence-electron chi connectivity index (χ3n) is 3.13. The van der Waals surface area contributed by atoms with E-state index in [4.69, 9.17) is 16.3 Å². The van der Waals surface area contributed by atoms with E-state index in [1.54, 1.807) is 13.3 Å². The predicted molar refractivity (Wildman–Crippen MR) is 78.7 cm³/mol. The fourth-order valence-corrected chi connectivity index (χ4v) is 2.44. The van der Waals surface area contributed by atoms with Crippen LogP contribution >= 0.6 is 11.6 Å². The number of hydrogen-bond donors (Lipinski definition) is 0. The Bertz CT molecular complexity index is 740. The fourth-order valence-electron chi connectivity index (χ4n) is 2.20. The van der Waals surface area contributed by atoms with Gasteiger partial charge in [-0.2, -0.15) is 0 Å². The van der Waals surface area contributed by atoms with Crippen LogP contribution in [-0.4, -0.2) is 12.1 Å². The van der Waals surface area contributed by atoms with Gasteiger partial charge in [0.05, 0.1) is 7.11 Å². The van der Waals surface area contributed by atoms with Gasteiger partial charge in [-0.25, -0.2) is 4.98 Å². The van der Waals surface area contributed by atoms with Crippen LogP contribution in [-0.2, 0) is 0 Å². The molecule has 2 nitrogen and oxygen atoms in total. The Morgan fingerprint density at radius 3 is 2.58 bits per heavy atom. The first kappa shape index (κ1) is 12.0. The summed E-state index contributed by atoms with van der Waals surface area (Å²) in [5, 5.41) is 2.79. The molecule has 0 saturated carbocycles. The zero-order valence-electron chi connectivity index (χ0n) is 10.4. The van der Waals surface area contributed by atoms with Gasteiger partial charge in [0.15, 0.2) is 10.9 Å². The molecule has 0 aliphatic heterocycles. The lowest BCUT2D eigenvalue weighted by Crippen LogP contribution is -1.91. The van der Waals surface area contributed by atoms with Gasteiger partial charge in [-0.15, -0.1) is 0 Å². The molecule has 0 fully saturated rings. The monoisotopic (exact) mass is 269 g/mol. The van der Waals surface area contributed by atoms with Gasteiger partial charge in [0.25, 0.3) is 0 Å². The molecule has 0 N–H and O–H groups in total. The van der Waals surface area contributed by atoms with Crippen LogP contribution in [0.25, 0.3) is 21.9 Å². The van der Waals surface area contributed by atoms with E-state index in [-0.39, 0.29) is 0 Å². The molecule has 3 heteroatoms. The second kappa shape index (κ2) is 4.90. The van der Waals surface area contributed by atoms with Crippen LogP contribution in [0, 0.1) is 0 Å². The van der Waals surface area contributed by atoms with Gasteiger partial charge in [-0.05, 0) is 28.5 Å². The van der Waals surface area contributed by atoms with Crippen molar-refractivity contribution in [1.82, 2.24) is 4.98 Å². The van der Waals surface area contributed by atoms with Crippen LogP contribution < -0.4 is 4.74 Å². The number of methoxy groups -OCH3 is 1. The standard InChI is InChI=1S/C16H12ClNO/c1-19-15-14(8-9-18-16(15)17)13-7-6-11-4-2-3-5-12(11)10-13/h2-10H,1H3. The molecule has 1 heterocycles. The Hall–Kier alpha value is -2.06. The lowest BCUT2D eigenvalue weighted by molar-refractivity contribution is 0.415. The largest absolute Gasteiger partial charge is 0.493 e. The minimum Gasteiger partial charge on any atom is -0.493 e. The summed E-state index contributed by atoms with van der Waals surface area (Å²) in [6, 6.07) is 16.5. The van der Waals surface area contributed by atoms with Crippen molar-refractivity contribution < 1.29 is 4.74 Å². The SMILES string of the molecule is COc1c(-c2ccc3ccccc3c2)ccnc1Cl. The van der Waals surface area contributed by atoms with Crippen LogP contribution in [0.4, 0.5) is 0 Å². The molecule has 0 spiro atoms. The maximum atomic E-state index is 6.06. The fraction of sp³-hybridized carbons (Fsp3) is 0.0625. The summed E-state index contributed by atoms with van der Waals surface area (Å²) >= 11 is 6.06. The van der Waals surface area contributed by atoms with Gasteiger partial charge in [-0.3, -0.25) is 0 Å². The van der Waals surface area contributed by atoms with Crippen molar-refractivity contribution in [1.29, 1.82) is 0 Å². The smallest absolute Gasteiger partial charge is 0.171 e. The number of benzene rings is 2. The zero-order chi connectivity index (χ0) is 13.2. The quantitative estimate of drug-likeness (QED) is 0.636. The Morgan fingerprint density at radius 2 is 1.79 bits per heavy atom. The molecule has 94 valence electrons. The normalized spacial score (nSPS) is 10.6. The number of aromatic nitrogens is 1. The molecule has 0 amide bonds. The van der Waals surface area contributed by atoms with Gasteiger partial charge in [0, 0.05) is 11.8 Å². The lowest BCUT2D eigenvalue weighted by Gasteiger charge is -2.10. The third-order valence-corrected chi connectivity index (χ3v) is 3.39. The number of hydrogen-bond acceptors (Lipinski definition) is 2. The second-order valence-corrected chi connectivity index (χ2v) is 4.60. The van der Waals surface area contributed by atoms with Gasteiger partial charge < -0.3 is 4.74 Å². The van der Waals surface area contributed by atoms with Gasteiger partial charge in [-0.1, -0.05) is 48.0 Å². The highest BCUT2D eigenvalue weighted by Gasteiger charge is 2.10. The summed E-state index contributed by atoms with van der Waals surface area (Å²) in [7, 11) is 1.60. The first-order valence-corrected chi connectivity index (χ1v) is 6.35. The molecule has 19 heavy (non-hydrogen) atoms. The van der Waals surface area contributed by atoms with E-state index in [1.165, 1.54) is 10.8 Å². The van der Waals surface area contributed by atoms with Gasteiger partial charge in [0.2, 0.25) is 0 Å². The number of halogens is 1. The van der Waals surface area contributed by atoms with Crippen LogP contribution in [0.3, 0.4) is 0 Å². The molecule has 0 unspecified atom stereocenters. The Morgan fingerprint density at radius 1 is 1.00 bits per heavy atom. The molecular formula is C16H12ClNO. The molecule has 0 saturated heterocycles. The van der Waals surface area contributed by atoms with Crippen molar-refractivity contribution in [2.45, 2.75) is 0 Å². The molecule has 0 aliphatic rings. The molecule has 0 bridgehead atoms. The molecule has 3 aromatic rings.